The highest BCUT2D eigenvalue weighted by Crippen LogP contribution is 2.21. The molecule has 4 nitrogen and oxygen atoms in total. The second kappa shape index (κ2) is 6.86. The summed E-state index contributed by atoms with van der Waals surface area (Å²) < 4.78 is 0. The monoisotopic (exact) mass is 227 g/mol. The van der Waals surface area contributed by atoms with Crippen LogP contribution in [0.2, 0.25) is 0 Å². The molecule has 1 aliphatic rings. The van der Waals surface area contributed by atoms with E-state index < -0.39 is 0 Å². The molecule has 16 heavy (non-hydrogen) atoms. The van der Waals surface area contributed by atoms with Gasteiger partial charge in [-0.1, -0.05) is 13.3 Å². The smallest absolute Gasteiger partial charge is 0.221 e. The summed E-state index contributed by atoms with van der Waals surface area (Å²) in [7, 11) is 0. The Morgan fingerprint density at radius 1 is 1.56 bits per heavy atom. The number of carbonyl (C=O) groups is 1. The fourth-order valence-corrected chi connectivity index (χ4v) is 2.37. The van der Waals surface area contributed by atoms with Gasteiger partial charge in [0.15, 0.2) is 0 Å². The van der Waals surface area contributed by atoms with E-state index in [-0.39, 0.29) is 11.9 Å². The maximum atomic E-state index is 11.5. The lowest BCUT2D eigenvalue weighted by Gasteiger charge is -2.26. The highest BCUT2D eigenvalue weighted by Gasteiger charge is 2.27. The SMILES string of the molecule is CCNC(=O)CC(CN)N1CCC(CC)C1. The predicted molar refractivity (Wildman–Crippen MR) is 66.1 cm³/mol. The molecule has 0 radical (unpaired) electrons. The molecule has 2 atom stereocenters. The van der Waals surface area contributed by atoms with Gasteiger partial charge < -0.3 is 11.1 Å². The number of nitrogens with one attached hydrogen (secondary N) is 1. The summed E-state index contributed by atoms with van der Waals surface area (Å²) in [4.78, 5) is 13.9. The molecule has 0 aliphatic carbocycles. The van der Waals surface area contributed by atoms with Crippen molar-refractivity contribution in [3.8, 4) is 0 Å². The Hall–Kier alpha value is -0.610. The number of rotatable bonds is 6. The minimum absolute atomic E-state index is 0.123. The molecule has 0 aromatic rings. The van der Waals surface area contributed by atoms with Crippen LogP contribution < -0.4 is 11.1 Å². The van der Waals surface area contributed by atoms with Gasteiger partial charge in [0.25, 0.3) is 0 Å². The molecule has 4 heteroatoms. The molecular formula is C12H25N3O. The van der Waals surface area contributed by atoms with Gasteiger partial charge in [0.05, 0.1) is 0 Å². The summed E-state index contributed by atoms with van der Waals surface area (Å²) in [6.07, 6.45) is 3.03. The fourth-order valence-electron chi connectivity index (χ4n) is 2.37. The third-order valence-corrected chi connectivity index (χ3v) is 3.48. The molecule has 2 unspecified atom stereocenters. The van der Waals surface area contributed by atoms with E-state index >= 15 is 0 Å². The Kier molecular flexibility index (Phi) is 5.77. The largest absolute Gasteiger partial charge is 0.356 e. The van der Waals surface area contributed by atoms with Crippen molar-refractivity contribution in [1.29, 1.82) is 0 Å². The van der Waals surface area contributed by atoms with Crippen LogP contribution in [0, 0.1) is 5.92 Å². The molecule has 1 amide bonds. The van der Waals surface area contributed by atoms with Crippen LogP contribution in [0.4, 0.5) is 0 Å². The maximum Gasteiger partial charge on any atom is 0.221 e. The molecule has 0 saturated carbocycles. The number of hydrogen-bond acceptors (Lipinski definition) is 3. The second-order valence-electron chi connectivity index (χ2n) is 4.61. The van der Waals surface area contributed by atoms with Gasteiger partial charge >= 0.3 is 0 Å². The van der Waals surface area contributed by atoms with Crippen LogP contribution in [0.25, 0.3) is 0 Å². The van der Waals surface area contributed by atoms with Crippen LogP contribution in [0.1, 0.15) is 33.1 Å². The van der Waals surface area contributed by atoms with Gasteiger partial charge in [0.1, 0.15) is 0 Å². The molecule has 3 N–H and O–H groups in total. The van der Waals surface area contributed by atoms with Gasteiger partial charge in [-0.15, -0.1) is 0 Å². The topological polar surface area (TPSA) is 58.4 Å². The fraction of sp³-hybridized carbons (Fsp3) is 0.917. The summed E-state index contributed by atoms with van der Waals surface area (Å²) >= 11 is 0. The quantitative estimate of drug-likeness (QED) is 0.697. The standard InChI is InChI=1S/C12H25N3O/c1-3-10-5-6-15(9-10)11(8-13)7-12(16)14-4-2/h10-11H,3-9,13H2,1-2H3,(H,14,16). The maximum absolute atomic E-state index is 11.5. The van der Waals surface area contributed by atoms with Crippen LogP contribution in [0.15, 0.2) is 0 Å². The summed E-state index contributed by atoms with van der Waals surface area (Å²) in [5.74, 6) is 0.918. The Bertz CT molecular complexity index is 220. The molecule has 0 aromatic heterocycles. The van der Waals surface area contributed by atoms with Crippen molar-refractivity contribution in [3.63, 3.8) is 0 Å². The van der Waals surface area contributed by atoms with Crippen LogP contribution in [-0.2, 0) is 4.79 Å². The molecule has 1 rings (SSSR count). The van der Waals surface area contributed by atoms with E-state index in [9.17, 15) is 4.79 Å². The first-order valence-electron chi connectivity index (χ1n) is 6.42. The Labute approximate surface area is 98.6 Å². The number of nitrogens with zero attached hydrogens (tertiary/aromatic N) is 1. The molecule has 1 fully saturated rings. The summed E-state index contributed by atoms with van der Waals surface area (Å²) in [5, 5.41) is 2.84. The first-order valence-corrected chi connectivity index (χ1v) is 6.42. The lowest BCUT2D eigenvalue weighted by molar-refractivity contribution is -0.122. The third-order valence-electron chi connectivity index (χ3n) is 3.48. The normalized spacial score (nSPS) is 23.3. The van der Waals surface area contributed by atoms with Crippen molar-refractivity contribution in [3.05, 3.63) is 0 Å². The summed E-state index contributed by atoms with van der Waals surface area (Å²) in [6.45, 7) is 7.66. The van der Waals surface area contributed by atoms with E-state index in [0.29, 0.717) is 19.5 Å². The minimum Gasteiger partial charge on any atom is -0.356 e. The Morgan fingerprint density at radius 2 is 2.31 bits per heavy atom. The molecule has 0 bridgehead atoms. The first-order chi connectivity index (χ1) is 7.71. The van der Waals surface area contributed by atoms with Gasteiger partial charge in [0.2, 0.25) is 5.91 Å². The van der Waals surface area contributed by atoms with E-state index in [1.807, 2.05) is 6.92 Å². The van der Waals surface area contributed by atoms with Gasteiger partial charge in [-0.05, 0) is 25.8 Å². The zero-order chi connectivity index (χ0) is 12.0. The van der Waals surface area contributed by atoms with Gasteiger partial charge in [-0.2, -0.15) is 0 Å². The van der Waals surface area contributed by atoms with Crippen LogP contribution >= 0.6 is 0 Å². The van der Waals surface area contributed by atoms with Crippen molar-refractivity contribution in [2.24, 2.45) is 11.7 Å². The van der Waals surface area contributed by atoms with Crippen molar-refractivity contribution < 1.29 is 4.79 Å². The average molecular weight is 227 g/mol. The lowest BCUT2D eigenvalue weighted by atomic mass is 10.1. The number of nitrogens with two attached hydrogens (primary N) is 1. The average Bonchev–Trinajstić information content (AvgIpc) is 2.74. The van der Waals surface area contributed by atoms with Crippen LogP contribution in [0.3, 0.4) is 0 Å². The zero-order valence-corrected chi connectivity index (χ0v) is 10.5. The molecule has 1 heterocycles. The van der Waals surface area contributed by atoms with Gasteiger partial charge in [0, 0.05) is 32.1 Å². The van der Waals surface area contributed by atoms with E-state index in [2.05, 4.69) is 17.1 Å². The van der Waals surface area contributed by atoms with E-state index in [1.54, 1.807) is 0 Å². The second-order valence-corrected chi connectivity index (χ2v) is 4.61. The molecule has 0 spiro atoms. The van der Waals surface area contributed by atoms with Crippen molar-refractivity contribution >= 4 is 5.91 Å². The van der Waals surface area contributed by atoms with Crippen molar-refractivity contribution in [1.82, 2.24) is 10.2 Å². The zero-order valence-electron chi connectivity index (χ0n) is 10.5. The molecule has 1 saturated heterocycles. The number of carbonyl (C=O) groups excluding carboxylic acids is 1. The van der Waals surface area contributed by atoms with E-state index in [4.69, 9.17) is 5.73 Å². The molecule has 0 aromatic carbocycles. The number of likely N-dealkylation sites (tertiary alicyclic amines) is 1. The van der Waals surface area contributed by atoms with Crippen LogP contribution in [0.5, 0.6) is 0 Å². The highest BCUT2D eigenvalue weighted by molar-refractivity contribution is 5.76. The molecular weight excluding hydrogens is 202 g/mol. The molecule has 94 valence electrons. The van der Waals surface area contributed by atoms with Crippen LogP contribution in [-0.4, -0.2) is 43.0 Å². The predicted octanol–water partition coefficient (Wildman–Crippen LogP) is 0.572. The summed E-state index contributed by atoms with van der Waals surface area (Å²) in [5.41, 5.74) is 5.76. The van der Waals surface area contributed by atoms with Gasteiger partial charge in [-0.3, -0.25) is 9.69 Å². The minimum atomic E-state index is 0.123. The lowest BCUT2D eigenvalue weighted by Crippen LogP contribution is -2.42. The summed E-state index contributed by atoms with van der Waals surface area (Å²) in [6, 6.07) is 0.225. The van der Waals surface area contributed by atoms with Gasteiger partial charge in [-0.25, -0.2) is 0 Å². The van der Waals surface area contributed by atoms with Crippen molar-refractivity contribution in [2.45, 2.75) is 39.2 Å². The Morgan fingerprint density at radius 3 is 2.81 bits per heavy atom. The molecule has 1 aliphatic heterocycles. The number of amides is 1. The van der Waals surface area contributed by atoms with Crippen molar-refractivity contribution in [2.75, 3.05) is 26.2 Å². The number of hydrogen-bond donors (Lipinski definition) is 2. The first kappa shape index (κ1) is 13.5. The van der Waals surface area contributed by atoms with E-state index in [1.165, 1.54) is 12.8 Å². The van der Waals surface area contributed by atoms with E-state index in [0.717, 1.165) is 19.0 Å². The Balaban J connectivity index is 2.39. The highest BCUT2D eigenvalue weighted by atomic mass is 16.1. The third kappa shape index (κ3) is 3.76.